The fraction of sp³-hybridized carbons (Fsp3) is 0.846. The summed E-state index contributed by atoms with van der Waals surface area (Å²) in [5.41, 5.74) is -0.412. The average molecular weight is 243 g/mol. The van der Waals surface area contributed by atoms with Crippen LogP contribution in [0.1, 0.15) is 41.0 Å². The van der Waals surface area contributed by atoms with Crippen molar-refractivity contribution in [1.82, 2.24) is 4.90 Å². The van der Waals surface area contributed by atoms with Crippen molar-refractivity contribution in [2.24, 2.45) is 11.3 Å². The van der Waals surface area contributed by atoms with Crippen LogP contribution < -0.4 is 0 Å². The number of ether oxygens (including phenoxy) is 1. The van der Waals surface area contributed by atoms with Gasteiger partial charge in [-0.25, -0.2) is 0 Å². The maximum Gasteiger partial charge on any atom is 0.307 e. The van der Waals surface area contributed by atoms with Crippen molar-refractivity contribution in [2.45, 2.75) is 41.0 Å². The Labute approximate surface area is 104 Å². The van der Waals surface area contributed by atoms with E-state index in [0.29, 0.717) is 19.0 Å². The highest BCUT2D eigenvalue weighted by Gasteiger charge is 2.27. The number of rotatable bonds is 5. The van der Waals surface area contributed by atoms with Crippen molar-refractivity contribution in [1.29, 1.82) is 0 Å². The number of esters is 1. The average Bonchev–Trinajstić information content (AvgIpc) is 2.20. The summed E-state index contributed by atoms with van der Waals surface area (Å²) < 4.78 is 4.59. The molecule has 1 amide bonds. The third-order valence-electron chi connectivity index (χ3n) is 2.33. The minimum atomic E-state index is -0.412. The van der Waals surface area contributed by atoms with Gasteiger partial charge in [0.05, 0.1) is 13.5 Å². The monoisotopic (exact) mass is 243 g/mol. The predicted octanol–water partition coefficient (Wildman–Crippen LogP) is 2.08. The van der Waals surface area contributed by atoms with E-state index < -0.39 is 5.41 Å². The molecule has 0 aromatic carbocycles. The molecule has 0 aromatic heterocycles. The standard InChI is InChI=1S/C13H25NO3/c1-10(2)9-14(8-7-11(15)17-6)12(16)13(3,4)5/h10H,7-9H2,1-6H3. The minimum Gasteiger partial charge on any atom is -0.469 e. The van der Waals surface area contributed by atoms with Crippen LogP contribution in [0.5, 0.6) is 0 Å². The summed E-state index contributed by atoms with van der Waals surface area (Å²) >= 11 is 0. The maximum atomic E-state index is 12.2. The molecule has 0 saturated carbocycles. The lowest BCUT2D eigenvalue weighted by Crippen LogP contribution is -2.42. The molecular weight excluding hydrogens is 218 g/mol. The molecule has 0 aliphatic heterocycles. The highest BCUT2D eigenvalue weighted by atomic mass is 16.5. The third-order valence-corrected chi connectivity index (χ3v) is 2.33. The zero-order chi connectivity index (χ0) is 13.6. The minimum absolute atomic E-state index is 0.0788. The first kappa shape index (κ1) is 15.9. The Morgan fingerprint density at radius 3 is 2.12 bits per heavy atom. The van der Waals surface area contributed by atoms with Gasteiger partial charge in [0.25, 0.3) is 0 Å². The molecule has 0 fully saturated rings. The lowest BCUT2D eigenvalue weighted by molar-refractivity contribution is -0.144. The number of nitrogens with zero attached hydrogens (tertiary/aromatic N) is 1. The molecule has 0 N–H and O–H groups in total. The van der Waals surface area contributed by atoms with E-state index in [-0.39, 0.29) is 18.3 Å². The smallest absolute Gasteiger partial charge is 0.307 e. The lowest BCUT2D eigenvalue weighted by Gasteiger charge is -2.30. The van der Waals surface area contributed by atoms with Gasteiger partial charge in [-0.1, -0.05) is 34.6 Å². The number of carbonyl (C=O) groups is 2. The third kappa shape index (κ3) is 6.29. The summed E-state index contributed by atoms with van der Waals surface area (Å²) in [4.78, 5) is 25.0. The Hall–Kier alpha value is -1.06. The normalized spacial score (nSPS) is 11.5. The predicted molar refractivity (Wildman–Crippen MR) is 67.5 cm³/mol. The van der Waals surface area contributed by atoms with Crippen LogP contribution in [0.3, 0.4) is 0 Å². The van der Waals surface area contributed by atoms with Crippen LogP contribution >= 0.6 is 0 Å². The molecule has 0 aliphatic carbocycles. The van der Waals surface area contributed by atoms with Gasteiger partial charge in [-0.05, 0) is 5.92 Å². The van der Waals surface area contributed by atoms with Crippen molar-refractivity contribution < 1.29 is 14.3 Å². The van der Waals surface area contributed by atoms with E-state index in [9.17, 15) is 9.59 Å². The zero-order valence-corrected chi connectivity index (χ0v) is 11.9. The van der Waals surface area contributed by atoms with E-state index in [1.54, 1.807) is 4.90 Å². The quantitative estimate of drug-likeness (QED) is 0.694. The van der Waals surface area contributed by atoms with Gasteiger partial charge in [-0.2, -0.15) is 0 Å². The molecule has 0 radical (unpaired) electrons. The number of hydrogen-bond donors (Lipinski definition) is 0. The first-order valence-corrected chi connectivity index (χ1v) is 6.04. The molecule has 0 heterocycles. The van der Waals surface area contributed by atoms with Gasteiger partial charge >= 0.3 is 5.97 Å². The molecule has 17 heavy (non-hydrogen) atoms. The molecule has 0 atom stereocenters. The number of hydrogen-bond acceptors (Lipinski definition) is 3. The SMILES string of the molecule is COC(=O)CCN(CC(C)C)C(=O)C(C)(C)C. The molecular formula is C13H25NO3. The van der Waals surface area contributed by atoms with Gasteiger partial charge in [0.2, 0.25) is 5.91 Å². The number of methoxy groups -OCH3 is 1. The van der Waals surface area contributed by atoms with E-state index >= 15 is 0 Å². The van der Waals surface area contributed by atoms with Gasteiger partial charge in [0.15, 0.2) is 0 Å². The van der Waals surface area contributed by atoms with E-state index in [1.165, 1.54) is 7.11 Å². The summed E-state index contributed by atoms with van der Waals surface area (Å²) in [7, 11) is 1.36. The van der Waals surface area contributed by atoms with Crippen LogP contribution in [0.25, 0.3) is 0 Å². The van der Waals surface area contributed by atoms with Gasteiger partial charge in [-0.15, -0.1) is 0 Å². The highest BCUT2D eigenvalue weighted by molar-refractivity contribution is 5.82. The topological polar surface area (TPSA) is 46.6 Å². The van der Waals surface area contributed by atoms with E-state index in [1.807, 2.05) is 20.8 Å². The molecule has 100 valence electrons. The second kappa shape index (κ2) is 6.62. The number of amides is 1. The summed E-state index contributed by atoms with van der Waals surface area (Å²) in [6.07, 6.45) is 0.255. The largest absolute Gasteiger partial charge is 0.469 e. The molecule has 0 spiro atoms. The first-order chi connectivity index (χ1) is 7.68. The summed E-state index contributed by atoms with van der Waals surface area (Å²) in [6.45, 7) is 10.9. The van der Waals surface area contributed by atoms with Gasteiger partial charge in [-0.3, -0.25) is 9.59 Å². The van der Waals surface area contributed by atoms with Crippen LogP contribution in [0.2, 0.25) is 0 Å². The van der Waals surface area contributed by atoms with Gasteiger partial charge < -0.3 is 9.64 Å². The van der Waals surface area contributed by atoms with E-state index in [2.05, 4.69) is 18.6 Å². The van der Waals surface area contributed by atoms with Crippen LogP contribution in [-0.4, -0.2) is 37.0 Å². The van der Waals surface area contributed by atoms with Gasteiger partial charge in [0, 0.05) is 18.5 Å². The second-order valence-corrected chi connectivity index (χ2v) is 5.72. The van der Waals surface area contributed by atoms with Crippen molar-refractivity contribution in [3.8, 4) is 0 Å². The fourth-order valence-electron chi connectivity index (χ4n) is 1.52. The summed E-state index contributed by atoms with van der Waals surface area (Å²) in [5, 5.41) is 0. The Morgan fingerprint density at radius 1 is 1.24 bits per heavy atom. The maximum absolute atomic E-state index is 12.2. The van der Waals surface area contributed by atoms with Crippen molar-refractivity contribution in [3.63, 3.8) is 0 Å². The van der Waals surface area contributed by atoms with Crippen LogP contribution in [0, 0.1) is 11.3 Å². The Morgan fingerprint density at radius 2 is 1.76 bits per heavy atom. The second-order valence-electron chi connectivity index (χ2n) is 5.72. The molecule has 0 bridgehead atoms. The van der Waals surface area contributed by atoms with E-state index in [0.717, 1.165) is 0 Å². The van der Waals surface area contributed by atoms with Crippen LogP contribution in [0.4, 0.5) is 0 Å². The molecule has 0 unspecified atom stereocenters. The molecule has 0 rings (SSSR count). The molecule has 4 heteroatoms. The van der Waals surface area contributed by atoms with Crippen molar-refractivity contribution in [2.75, 3.05) is 20.2 Å². The lowest BCUT2D eigenvalue weighted by atomic mass is 9.94. The fourth-order valence-corrected chi connectivity index (χ4v) is 1.52. The Bertz CT molecular complexity index is 266. The zero-order valence-electron chi connectivity index (χ0n) is 11.9. The summed E-state index contributed by atoms with van der Waals surface area (Å²) in [6, 6.07) is 0. The highest BCUT2D eigenvalue weighted by Crippen LogP contribution is 2.18. The molecule has 0 aromatic rings. The molecule has 4 nitrogen and oxygen atoms in total. The van der Waals surface area contributed by atoms with Crippen LogP contribution in [-0.2, 0) is 14.3 Å². The first-order valence-electron chi connectivity index (χ1n) is 6.04. The van der Waals surface area contributed by atoms with Crippen molar-refractivity contribution >= 4 is 11.9 Å². The Balaban J connectivity index is 4.54. The van der Waals surface area contributed by atoms with Gasteiger partial charge in [0.1, 0.15) is 0 Å². The Kier molecular flexibility index (Phi) is 6.21. The van der Waals surface area contributed by atoms with E-state index in [4.69, 9.17) is 0 Å². The molecule has 0 aliphatic rings. The summed E-state index contributed by atoms with van der Waals surface area (Å²) in [5.74, 6) is 0.189. The molecule has 0 saturated heterocycles. The van der Waals surface area contributed by atoms with Crippen molar-refractivity contribution in [3.05, 3.63) is 0 Å². The van der Waals surface area contributed by atoms with Crippen LogP contribution in [0.15, 0.2) is 0 Å². The number of carbonyl (C=O) groups excluding carboxylic acids is 2.